The summed E-state index contributed by atoms with van der Waals surface area (Å²) in [5.41, 5.74) is 6.05. The highest BCUT2D eigenvalue weighted by atomic mass is 35.5. The van der Waals surface area contributed by atoms with Gasteiger partial charge in [0.25, 0.3) is 0 Å². The van der Waals surface area contributed by atoms with E-state index in [0.29, 0.717) is 6.54 Å². The molecule has 2 heterocycles. The van der Waals surface area contributed by atoms with Crippen molar-refractivity contribution in [3.8, 4) is 0 Å². The molecule has 1 fully saturated rings. The summed E-state index contributed by atoms with van der Waals surface area (Å²) in [7, 11) is 0. The van der Waals surface area contributed by atoms with E-state index in [4.69, 9.17) is 11.6 Å². The maximum absolute atomic E-state index is 6.51. The smallest absolute Gasteiger partial charge is 0.0640 e. The van der Waals surface area contributed by atoms with Crippen molar-refractivity contribution in [2.45, 2.75) is 51.5 Å². The lowest BCUT2D eigenvalue weighted by Gasteiger charge is -2.17. The molecule has 4 rings (SSSR count). The van der Waals surface area contributed by atoms with Crippen molar-refractivity contribution in [1.29, 1.82) is 0 Å². The number of nitrogens with zero attached hydrogens (tertiary/aromatic N) is 1. The van der Waals surface area contributed by atoms with Crippen LogP contribution in [-0.2, 0) is 19.4 Å². The van der Waals surface area contributed by atoms with E-state index < -0.39 is 0 Å². The van der Waals surface area contributed by atoms with Crippen molar-refractivity contribution >= 4 is 23.4 Å². The lowest BCUT2D eigenvalue weighted by molar-refractivity contribution is 0.420. The number of pyridine rings is 1. The van der Waals surface area contributed by atoms with Crippen molar-refractivity contribution in [3.05, 3.63) is 63.9 Å². The predicted octanol–water partition coefficient (Wildman–Crippen LogP) is 5.63. The van der Waals surface area contributed by atoms with Gasteiger partial charge in [-0.2, -0.15) is 0 Å². The summed E-state index contributed by atoms with van der Waals surface area (Å²) in [6.07, 6.45) is 15.5. The zero-order valence-electron chi connectivity index (χ0n) is 16.5. The standard InChI is InChI=1S/C24H30ClN3/c25-23-11-9-20-12-14-26-15-13-22(20)24(23)28-17-21-10-8-19(16-27-21)7-6-18-4-2-1-3-5-18/h6-11,16,18,26,28H,1-5,12-15,17H2/b7-6+. The molecule has 2 aromatic rings. The second-order valence-corrected chi connectivity index (χ2v) is 8.41. The number of allylic oxidation sites excluding steroid dienone is 1. The van der Waals surface area contributed by atoms with Crippen LogP contribution in [0.3, 0.4) is 0 Å². The van der Waals surface area contributed by atoms with Crippen LogP contribution in [0.4, 0.5) is 5.69 Å². The Hall–Kier alpha value is -1.84. The third-order valence-electron chi connectivity index (χ3n) is 5.99. The Bertz CT molecular complexity index is 807. The Balaban J connectivity index is 1.39. The van der Waals surface area contributed by atoms with Crippen LogP contribution in [0.5, 0.6) is 0 Å². The number of nitrogens with one attached hydrogen (secondary N) is 2. The SMILES string of the molecule is Clc1ccc2c(c1NCc1ccc(/C=C/C3CCCCC3)cn1)CCNCC2. The van der Waals surface area contributed by atoms with Gasteiger partial charge < -0.3 is 10.6 Å². The van der Waals surface area contributed by atoms with Crippen LogP contribution in [0.2, 0.25) is 5.02 Å². The van der Waals surface area contributed by atoms with Gasteiger partial charge in [-0.05, 0) is 73.5 Å². The van der Waals surface area contributed by atoms with Gasteiger partial charge in [-0.15, -0.1) is 0 Å². The molecule has 3 nitrogen and oxygen atoms in total. The topological polar surface area (TPSA) is 37.0 Å². The first kappa shape index (κ1) is 19.5. The van der Waals surface area contributed by atoms with Crippen LogP contribution in [0.25, 0.3) is 6.08 Å². The van der Waals surface area contributed by atoms with E-state index in [1.54, 1.807) is 0 Å². The van der Waals surface area contributed by atoms with Gasteiger partial charge in [0.2, 0.25) is 0 Å². The van der Waals surface area contributed by atoms with Crippen LogP contribution in [-0.4, -0.2) is 18.1 Å². The molecule has 1 saturated carbocycles. The highest BCUT2D eigenvalue weighted by molar-refractivity contribution is 6.33. The van der Waals surface area contributed by atoms with Crippen molar-refractivity contribution in [3.63, 3.8) is 0 Å². The maximum Gasteiger partial charge on any atom is 0.0640 e. The van der Waals surface area contributed by atoms with Crippen LogP contribution >= 0.6 is 11.6 Å². The Morgan fingerprint density at radius 1 is 1.07 bits per heavy atom. The van der Waals surface area contributed by atoms with Crippen LogP contribution < -0.4 is 10.6 Å². The molecule has 1 aromatic heterocycles. The highest BCUT2D eigenvalue weighted by Gasteiger charge is 2.15. The monoisotopic (exact) mass is 395 g/mol. The molecule has 0 radical (unpaired) electrons. The third-order valence-corrected chi connectivity index (χ3v) is 6.30. The van der Waals surface area contributed by atoms with E-state index in [0.717, 1.165) is 48.3 Å². The molecule has 0 atom stereocenters. The molecule has 0 spiro atoms. The minimum Gasteiger partial charge on any atom is -0.378 e. The molecule has 4 heteroatoms. The zero-order chi connectivity index (χ0) is 19.2. The molecular weight excluding hydrogens is 366 g/mol. The van der Waals surface area contributed by atoms with Gasteiger partial charge in [0.1, 0.15) is 0 Å². The quantitative estimate of drug-likeness (QED) is 0.688. The third kappa shape index (κ3) is 4.95. The fourth-order valence-corrected chi connectivity index (χ4v) is 4.57. The van der Waals surface area contributed by atoms with Gasteiger partial charge in [-0.25, -0.2) is 0 Å². The Kier molecular flexibility index (Phi) is 6.66. The Labute approximate surface area is 173 Å². The van der Waals surface area contributed by atoms with E-state index in [2.05, 4.69) is 46.0 Å². The molecule has 0 bridgehead atoms. The molecule has 2 N–H and O–H groups in total. The maximum atomic E-state index is 6.51. The van der Waals surface area contributed by atoms with Gasteiger partial charge in [-0.3, -0.25) is 4.98 Å². The normalized spacial score (nSPS) is 18.0. The summed E-state index contributed by atoms with van der Waals surface area (Å²) in [6.45, 7) is 2.73. The van der Waals surface area contributed by atoms with Gasteiger partial charge in [0.05, 0.1) is 22.9 Å². The predicted molar refractivity (Wildman–Crippen MR) is 119 cm³/mol. The minimum absolute atomic E-state index is 0.691. The van der Waals surface area contributed by atoms with Crippen LogP contribution in [0.1, 0.15) is 54.5 Å². The van der Waals surface area contributed by atoms with Crippen molar-refractivity contribution in [1.82, 2.24) is 10.3 Å². The van der Waals surface area contributed by atoms with Crippen molar-refractivity contribution in [2.75, 3.05) is 18.4 Å². The number of aromatic nitrogens is 1. The van der Waals surface area contributed by atoms with Gasteiger partial charge in [0.15, 0.2) is 0 Å². The molecule has 28 heavy (non-hydrogen) atoms. The van der Waals surface area contributed by atoms with Crippen molar-refractivity contribution in [2.24, 2.45) is 5.92 Å². The number of hydrogen-bond donors (Lipinski definition) is 2. The summed E-state index contributed by atoms with van der Waals surface area (Å²) < 4.78 is 0. The summed E-state index contributed by atoms with van der Waals surface area (Å²) in [4.78, 5) is 4.65. The zero-order valence-corrected chi connectivity index (χ0v) is 17.3. The van der Waals surface area contributed by atoms with Gasteiger partial charge in [0, 0.05) is 6.20 Å². The van der Waals surface area contributed by atoms with E-state index >= 15 is 0 Å². The molecule has 1 aliphatic heterocycles. The molecule has 0 amide bonds. The molecule has 1 aromatic carbocycles. The number of anilines is 1. The number of hydrogen-bond acceptors (Lipinski definition) is 3. The van der Waals surface area contributed by atoms with Crippen molar-refractivity contribution < 1.29 is 0 Å². The second-order valence-electron chi connectivity index (χ2n) is 8.00. The average Bonchev–Trinajstić information content (AvgIpc) is 2.99. The fraction of sp³-hybridized carbons (Fsp3) is 0.458. The second kappa shape index (κ2) is 9.58. The number of halogens is 1. The van der Waals surface area contributed by atoms with Gasteiger partial charge in [-0.1, -0.05) is 55.1 Å². The van der Waals surface area contributed by atoms with Crippen LogP contribution in [0.15, 0.2) is 36.5 Å². The van der Waals surface area contributed by atoms with Gasteiger partial charge >= 0.3 is 0 Å². The summed E-state index contributed by atoms with van der Waals surface area (Å²) >= 11 is 6.51. The molecule has 0 saturated heterocycles. The fourth-order valence-electron chi connectivity index (χ4n) is 4.33. The van der Waals surface area contributed by atoms with E-state index in [1.165, 1.54) is 48.8 Å². The molecular formula is C24H30ClN3. The first-order chi connectivity index (χ1) is 13.8. The summed E-state index contributed by atoms with van der Waals surface area (Å²) in [5.74, 6) is 0.750. The first-order valence-corrected chi connectivity index (χ1v) is 11.1. The number of benzene rings is 1. The van der Waals surface area contributed by atoms with E-state index in [1.807, 2.05) is 12.3 Å². The van der Waals surface area contributed by atoms with E-state index in [9.17, 15) is 0 Å². The Morgan fingerprint density at radius 3 is 2.75 bits per heavy atom. The average molecular weight is 396 g/mol. The molecule has 0 unspecified atom stereocenters. The lowest BCUT2D eigenvalue weighted by Crippen LogP contribution is -2.16. The first-order valence-electron chi connectivity index (χ1n) is 10.7. The summed E-state index contributed by atoms with van der Waals surface area (Å²) in [5, 5.41) is 7.81. The largest absolute Gasteiger partial charge is 0.378 e. The minimum atomic E-state index is 0.691. The summed E-state index contributed by atoms with van der Waals surface area (Å²) in [6, 6.07) is 8.47. The van der Waals surface area contributed by atoms with E-state index in [-0.39, 0.29) is 0 Å². The Morgan fingerprint density at radius 2 is 1.93 bits per heavy atom. The molecule has 2 aliphatic rings. The number of rotatable bonds is 5. The molecule has 1 aliphatic carbocycles. The van der Waals surface area contributed by atoms with Crippen LogP contribution in [0, 0.1) is 5.92 Å². The highest BCUT2D eigenvalue weighted by Crippen LogP contribution is 2.31. The molecule has 148 valence electrons. The lowest BCUT2D eigenvalue weighted by atomic mass is 9.89. The number of fused-ring (bicyclic) bond motifs is 1.